The van der Waals surface area contributed by atoms with E-state index in [0.29, 0.717) is 25.2 Å². The number of benzene rings is 1. The van der Waals surface area contributed by atoms with Crippen LogP contribution in [0, 0.1) is 0 Å². The number of hydrogen-bond donors (Lipinski definition) is 3. The minimum Gasteiger partial charge on any atom is -0.475 e. The van der Waals surface area contributed by atoms with Gasteiger partial charge in [0.05, 0.1) is 30.2 Å². The van der Waals surface area contributed by atoms with E-state index in [9.17, 15) is 23.1 Å². The molecule has 37 heavy (non-hydrogen) atoms. The number of hydrogen-bond acceptors (Lipinski definition) is 7. The molecule has 4 rings (SSSR count). The number of nitrogens with one attached hydrogen (secondary N) is 1. The van der Waals surface area contributed by atoms with Crippen LogP contribution in [0.1, 0.15) is 17.5 Å². The minimum atomic E-state index is -4.49. The van der Waals surface area contributed by atoms with Gasteiger partial charge in [0.15, 0.2) is 0 Å². The zero-order valence-electron chi connectivity index (χ0n) is 19.7. The molecule has 1 aromatic heterocycles. The largest absolute Gasteiger partial charge is 0.475 e. The maximum absolute atomic E-state index is 13.3. The first kappa shape index (κ1) is 26.2. The zero-order valence-corrected chi connectivity index (χ0v) is 19.7. The summed E-state index contributed by atoms with van der Waals surface area (Å²) in [6.45, 7) is 0.628. The van der Waals surface area contributed by atoms with Gasteiger partial charge in [-0.05, 0) is 43.0 Å². The van der Waals surface area contributed by atoms with Crippen LogP contribution in [0.25, 0.3) is 5.70 Å². The van der Waals surface area contributed by atoms with Gasteiger partial charge < -0.3 is 25.2 Å². The molecular weight excluding hydrogens is 491 g/mol. The predicted octanol–water partition coefficient (Wildman–Crippen LogP) is 3.34. The monoisotopic (exact) mass is 517 g/mol. The van der Waals surface area contributed by atoms with E-state index >= 15 is 0 Å². The summed E-state index contributed by atoms with van der Waals surface area (Å²) in [6.07, 6.45) is 3.04. The first-order valence-corrected chi connectivity index (χ1v) is 11.5. The molecule has 1 saturated heterocycles. The molecule has 0 saturated carbocycles. The lowest BCUT2D eigenvalue weighted by Gasteiger charge is -2.25. The van der Waals surface area contributed by atoms with Gasteiger partial charge in [-0.15, -0.1) is 0 Å². The number of anilines is 1. The number of amides is 2. The van der Waals surface area contributed by atoms with Crippen molar-refractivity contribution in [2.75, 3.05) is 31.6 Å². The van der Waals surface area contributed by atoms with Crippen LogP contribution in [0.3, 0.4) is 0 Å². The number of carbonyl (C=O) groups excluding carboxylic acids is 1. The van der Waals surface area contributed by atoms with Crippen LogP contribution in [0.2, 0.25) is 0 Å². The van der Waals surface area contributed by atoms with Crippen molar-refractivity contribution >= 4 is 23.8 Å². The van der Waals surface area contributed by atoms with Crippen LogP contribution < -0.4 is 10.1 Å². The first-order chi connectivity index (χ1) is 17.7. The molecule has 2 aliphatic heterocycles. The van der Waals surface area contributed by atoms with Crippen LogP contribution in [-0.2, 0) is 6.18 Å². The van der Waals surface area contributed by atoms with Gasteiger partial charge in [-0.3, -0.25) is 4.90 Å². The molecule has 12 heteroatoms. The number of rotatable bonds is 6. The molecular formula is C25H26F3N5O4. The number of aliphatic hydroxyl groups is 2. The van der Waals surface area contributed by atoms with Gasteiger partial charge in [0, 0.05) is 36.6 Å². The quantitative estimate of drug-likeness (QED) is 0.542. The number of nitrogens with zero attached hydrogens (tertiary/aromatic N) is 4. The van der Waals surface area contributed by atoms with Crippen molar-refractivity contribution in [1.82, 2.24) is 14.8 Å². The van der Waals surface area contributed by atoms with Crippen molar-refractivity contribution < 1.29 is 32.9 Å². The number of aliphatic hydroxyl groups excluding tert-OH is 2. The topological polar surface area (TPSA) is 111 Å². The van der Waals surface area contributed by atoms with Crippen molar-refractivity contribution in [2.45, 2.75) is 24.7 Å². The molecule has 9 nitrogen and oxygen atoms in total. The third-order valence-electron chi connectivity index (χ3n) is 5.80. The van der Waals surface area contributed by atoms with E-state index in [1.165, 1.54) is 35.6 Å². The van der Waals surface area contributed by atoms with E-state index in [-0.39, 0.29) is 29.8 Å². The number of halogens is 3. The predicted molar refractivity (Wildman–Crippen MR) is 131 cm³/mol. The highest BCUT2D eigenvalue weighted by molar-refractivity contribution is 5.97. The molecule has 196 valence electrons. The van der Waals surface area contributed by atoms with Crippen LogP contribution in [0.5, 0.6) is 5.88 Å². The number of urea groups is 1. The normalized spacial score (nSPS) is 18.4. The Hall–Kier alpha value is -3.90. The maximum atomic E-state index is 13.3. The first-order valence-electron chi connectivity index (χ1n) is 11.5. The SMILES string of the molecule is O=C(Nc1ccnc(OC[C@@H](O)CO)c1)N1C=NC(c2cccc(C(F)(F)F)c2)=CC=CN2CC[C@H]1C2. The lowest BCUT2D eigenvalue weighted by atomic mass is 10.1. The summed E-state index contributed by atoms with van der Waals surface area (Å²) in [6, 6.07) is 7.19. The molecule has 3 heterocycles. The van der Waals surface area contributed by atoms with Gasteiger partial charge in [0.25, 0.3) is 0 Å². The maximum Gasteiger partial charge on any atom is 0.416 e. The second kappa shape index (κ2) is 11.4. The van der Waals surface area contributed by atoms with Gasteiger partial charge in [-0.2, -0.15) is 13.2 Å². The third kappa shape index (κ3) is 6.86. The molecule has 1 fully saturated rings. The fourth-order valence-corrected chi connectivity index (χ4v) is 3.88. The van der Waals surface area contributed by atoms with Crippen molar-refractivity contribution in [1.29, 1.82) is 0 Å². The molecule has 3 N–H and O–H groups in total. The Balaban J connectivity index is 1.56. The zero-order chi connectivity index (χ0) is 26.4. The van der Waals surface area contributed by atoms with Gasteiger partial charge in [0.2, 0.25) is 5.88 Å². The van der Waals surface area contributed by atoms with Gasteiger partial charge in [-0.1, -0.05) is 12.1 Å². The summed E-state index contributed by atoms with van der Waals surface area (Å²) in [7, 11) is 0. The number of aliphatic imine (C=N–C) groups is 1. The third-order valence-corrected chi connectivity index (χ3v) is 5.80. The highest BCUT2D eigenvalue weighted by Gasteiger charge is 2.31. The average Bonchev–Trinajstić information content (AvgIpc) is 3.33. The smallest absolute Gasteiger partial charge is 0.416 e. The summed E-state index contributed by atoms with van der Waals surface area (Å²) < 4.78 is 45.1. The molecule has 2 atom stereocenters. The van der Waals surface area contributed by atoms with E-state index in [1.54, 1.807) is 18.2 Å². The summed E-state index contributed by atoms with van der Waals surface area (Å²) in [5, 5.41) is 21.1. The number of fused-ring (bicyclic) bond motifs is 2. The minimum absolute atomic E-state index is 0.145. The fraction of sp³-hybridized carbons (Fsp3) is 0.320. The second-order valence-electron chi connectivity index (χ2n) is 8.52. The van der Waals surface area contributed by atoms with Crippen LogP contribution in [0.15, 0.2) is 65.9 Å². The highest BCUT2D eigenvalue weighted by Crippen LogP contribution is 2.31. The number of aromatic nitrogens is 1. The second-order valence-corrected chi connectivity index (χ2v) is 8.52. The van der Waals surface area contributed by atoms with E-state index in [0.717, 1.165) is 12.1 Å². The number of alkyl halides is 3. The van der Waals surface area contributed by atoms with Crippen LogP contribution in [-0.4, -0.2) is 75.8 Å². The van der Waals surface area contributed by atoms with Crippen LogP contribution >= 0.6 is 0 Å². The number of carbonyl (C=O) groups is 1. The lowest BCUT2D eigenvalue weighted by molar-refractivity contribution is -0.137. The van der Waals surface area contributed by atoms with Gasteiger partial charge in [0.1, 0.15) is 12.7 Å². The molecule has 2 bridgehead atoms. The Morgan fingerprint density at radius 1 is 1.27 bits per heavy atom. The molecule has 2 amide bonds. The molecule has 0 unspecified atom stereocenters. The average molecular weight is 518 g/mol. The van der Waals surface area contributed by atoms with E-state index in [4.69, 9.17) is 9.84 Å². The Bertz CT molecular complexity index is 1200. The standard InChI is InChI=1S/C25H26F3N5O4/c26-25(27,28)18-4-1-3-17(11-18)22-5-2-9-32-10-7-20(13-32)33(16-30-22)24(36)31-19-6-8-29-23(12-19)37-15-21(35)14-34/h1-6,8-9,11-12,16,20-21,34-35H,7,10,13-15H2,(H,29,31,36)/t20-,21-/m0/s1. The Morgan fingerprint density at radius 2 is 2.11 bits per heavy atom. The number of ether oxygens (including phenoxy) is 1. The van der Waals surface area contributed by atoms with Crippen molar-refractivity contribution in [3.8, 4) is 5.88 Å². The van der Waals surface area contributed by atoms with Gasteiger partial charge in [-0.25, -0.2) is 14.8 Å². The Kier molecular flexibility index (Phi) is 8.09. The van der Waals surface area contributed by atoms with E-state index < -0.39 is 30.5 Å². The Morgan fingerprint density at radius 3 is 2.89 bits per heavy atom. The summed E-state index contributed by atoms with van der Waals surface area (Å²) in [5.41, 5.74) is 0.120. The molecule has 0 radical (unpaired) electrons. The summed E-state index contributed by atoms with van der Waals surface area (Å²) >= 11 is 0. The lowest BCUT2D eigenvalue weighted by Crippen LogP contribution is -2.43. The molecule has 0 aliphatic carbocycles. The summed E-state index contributed by atoms with van der Waals surface area (Å²) in [5.74, 6) is 0.145. The summed E-state index contributed by atoms with van der Waals surface area (Å²) in [4.78, 5) is 25.1. The number of pyridine rings is 1. The van der Waals surface area contributed by atoms with Crippen molar-refractivity contribution in [3.05, 3.63) is 72.1 Å². The molecule has 2 aliphatic rings. The van der Waals surface area contributed by atoms with Crippen molar-refractivity contribution in [3.63, 3.8) is 0 Å². The van der Waals surface area contributed by atoms with Crippen LogP contribution in [0.4, 0.5) is 23.7 Å². The van der Waals surface area contributed by atoms with E-state index in [1.807, 2.05) is 11.1 Å². The highest BCUT2D eigenvalue weighted by atomic mass is 19.4. The molecule has 0 spiro atoms. The molecule has 2 aromatic rings. The van der Waals surface area contributed by atoms with Gasteiger partial charge >= 0.3 is 12.2 Å². The molecule has 1 aromatic carbocycles. The van der Waals surface area contributed by atoms with Crippen molar-refractivity contribution in [2.24, 2.45) is 4.99 Å². The number of allylic oxidation sites excluding steroid dienone is 2. The van der Waals surface area contributed by atoms with E-state index in [2.05, 4.69) is 15.3 Å². The fourth-order valence-electron chi connectivity index (χ4n) is 3.88. The Labute approximate surface area is 211 Å².